The van der Waals surface area contributed by atoms with Crippen LogP contribution in [0.25, 0.3) is 0 Å². The van der Waals surface area contributed by atoms with Gasteiger partial charge in [-0.2, -0.15) is 0 Å². The van der Waals surface area contributed by atoms with Crippen molar-refractivity contribution in [2.45, 2.75) is 6.42 Å². The third-order valence-corrected chi connectivity index (χ3v) is 5.32. The van der Waals surface area contributed by atoms with Crippen LogP contribution in [0.15, 0.2) is 46.6 Å². The van der Waals surface area contributed by atoms with Gasteiger partial charge in [0.05, 0.1) is 0 Å². The Balaban J connectivity index is 1.42. The molecule has 2 aromatic heterocycles. The summed E-state index contributed by atoms with van der Waals surface area (Å²) < 4.78 is 13.1. The number of nitrogens with zero attached hydrogens (tertiary/aromatic N) is 4. The molecule has 8 heteroatoms. The summed E-state index contributed by atoms with van der Waals surface area (Å²) in [6.07, 6.45) is 0.499. The SMILES string of the molecule is O=c1[nH]c(N2CCN(c3ccc(F)cc3)CC2)nnc1Cc1cccs1. The fraction of sp³-hybridized carbons (Fsp3) is 0.278. The number of rotatable bonds is 4. The molecule has 0 radical (unpaired) electrons. The van der Waals surface area contributed by atoms with Gasteiger partial charge >= 0.3 is 0 Å². The first-order valence-electron chi connectivity index (χ1n) is 8.43. The second kappa shape index (κ2) is 7.25. The summed E-state index contributed by atoms with van der Waals surface area (Å²) in [7, 11) is 0. The number of piperazine rings is 1. The summed E-state index contributed by atoms with van der Waals surface area (Å²) in [6, 6.07) is 10.4. The van der Waals surface area contributed by atoms with Gasteiger partial charge in [-0.15, -0.1) is 21.5 Å². The molecule has 0 unspecified atom stereocenters. The van der Waals surface area contributed by atoms with E-state index in [0.717, 1.165) is 23.7 Å². The highest BCUT2D eigenvalue weighted by atomic mass is 32.1. The maximum absolute atomic E-state index is 13.1. The molecule has 0 spiro atoms. The largest absolute Gasteiger partial charge is 0.368 e. The van der Waals surface area contributed by atoms with E-state index in [2.05, 4.69) is 20.1 Å². The first-order chi connectivity index (χ1) is 12.7. The molecule has 1 N–H and O–H groups in total. The number of thiophene rings is 1. The van der Waals surface area contributed by atoms with E-state index >= 15 is 0 Å². The van der Waals surface area contributed by atoms with E-state index in [1.807, 2.05) is 22.4 Å². The van der Waals surface area contributed by atoms with Gasteiger partial charge in [0, 0.05) is 43.2 Å². The highest BCUT2D eigenvalue weighted by Gasteiger charge is 2.20. The molecule has 0 atom stereocenters. The molecule has 3 heterocycles. The van der Waals surface area contributed by atoms with Gasteiger partial charge in [0.25, 0.3) is 5.56 Å². The standard InChI is InChI=1S/C18H18FN5OS/c19-13-3-5-14(6-4-13)23-7-9-24(10-8-23)18-20-17(25)16(21-22-18)12-15-2-1-11-26-15/h1-6,11H,7-10,12H2,(H,20,22,25). The van der Waals surface area contributed by atoms with Crippen LogP contribution >= 0.6 is 11.3 Å². The van der Waals surface area contributed by atoms with E-state index in [1.165, 1.54) is 12.1 Å². The molecule has 1 aliphatic heterocycles. The Kier molecular flexibility index (Phi) is 4.66. The monoisotopic (exact) mass is 371 g/mol. The third kappa shape index (κ3) is 3.60. The van der Waals surface area contributed by atoms with Gasteiger partial charge in [-0.3, -0.25) is 9.78 Å². The van der Waals surface area contributed by atoms with Crippen LogP contribution in [0.5, 0.6) is 0 Å². The lowest BCUT2D eigenvalue weighted by Crippen LogP contribution is -2.47. The van der Waals surface area contributed by atoms with Gasteiger partial charge in [0.15, 0.2) is 0 Å². The van der Waals surface area contributed by atoms with Crippen molar-refractivity contribution in [3.8, 4) is 0 Å². The Morgan fingerprint density at radius 3 is 2.42 bits per heavy atom. The van der Waals surface area contributed by atoms with Gasteiger partial charge in [0.1, 0.15) is 11.5 Å². The number of benzene rings is 1. The molecule has 0 saturated carbocycles. The molecule has 0 bridgehead atoms. The number of H-pyrrole nitrogens is 1. The first-order valence-corrected chi connectivity index (χ1v) is 9.31. The number of nitrogens with one attached hydrogen (secondary N) is 1. The molecular weight excluding hydrogens is 353 g/mol. The summed E-state index contributed by atoms with van der Waals surface area (Å²) >= 11 is 1.60. The van der Waals surface area contributed by atoms with E-state index in [9.17, 15) is 9.18 Å². The van der Waals surface area contributed by atoms with Crippen molar-refractivity contribution in [2.75, 3.05) is 36.0 Å². The van der Waals surface area contributed by atoms with Crippen molar-refractivity contribution in [3.05, 3.63) is 68.5 Å². The minimum Gasteiger partial charge on any atom is -0.368 e. The zero-order chi connectivity index (χ0) is 17.9. The quantitative estimate of drug-likeness (QED) is 0.762. The molecule has 1 fully saturated rings. The number of hydrogen-bond donors (Lipinski definition) is 1. The van der Waals surface area contributed by atoms with Crippen LogP contribution in [0, 0.1) is 5.82 Å². The second-order valence-electron chi connectivity index (χ2n) is 6.13. The van der Waals surface area contributed by atoms with Crippen LogP contribution in [0.1, 0.15) is 10.6 Å². The van der Waals surface area contributed by atoms with Crippen molar-refractivity contribution in [1.29, 1.82) is 0 Å². The second-order valence-corrected chi connectivity index (χ2v) is 7.16. The van der Waals surface area contributed by atoms with Gasteiger partial charge in [-0.25, -0.2) is 4.39 Å². The predicted octanol–water partition coefficient (Wildman–Crippen LogP) is 2.28. The molecular formula is C18H18FN5OS. The summed E-state index contributed by atoms with van der Waals surface area (Å²) in [5.74, 6) is 0.270. The van der Waals surface area contributed by atoms with Gasteiger partial charge < -0.3 is 9.80 Å². The summed E-state index contributed by atoms with van der Waals surface area (Å²) in [6.45, 7) is 2.97. The molecule has 134 valence electrons. The number of halogens is 1. The van der Waals surface area contributed by atoms with Crippen molar-refractivity contribution >= 4 is 23.0 Å². The van der Waals surface area contributed by atoms with Crippen molar-refractivity contribution in [2.24, 2.45) is 0 Å². The third-order valence-electron chi connectivity index (χ3n) is 4.45. The molecule has 1 aliphatic rings. The number of aromatic nitrogens is 3. The van der Waals surface area contributed by atoms with E-state index in [1.54, 1.807) is 23.5 Å². The Morgan fingerprint density at radius 2 is 1.77 bits per heavy atom. The predicted molar refractivity (Wildman–Crippen MR) is 101 cm³/mol. The lowest BCUT2D eigenvalue weighted by Gasteiger charge is -2.36. The molecule has 0 amide bonds. The van der Waals surface area contributed by atoms with E-state index in [0.29, 0.717) is 31.2 Å². The van der Waals surface area contributed by atoms with Crippen LogP contribution < -0.4 is 15.4 Å². The molecule has 0 aliphatic carbocycles. The Hall–Kier alpha value is -2.74. The average molecular weight is 371 g/mol. The van der Waals surface area contributed by atoms with Crippen molar-refractivity contribution in [3.63, 3.8) is 0 Å². The fourth-order valence-electron chi connectivity index (χ4n) is 3.02. The van der Waals surface area contributed by atoms with Crippen molar-refractivity contribution < 1.29 is 4.39 Å². The minimum atomic E-state index is -0.233. The van der Waals surface area contributed by atoms with Gasteiger partial charge in [0.2, 0.25) is 5.95 Å². The van der Waals surface area contributed by atoms with Crippen molar-refractivity contribution in [1.82, 2.24) is 15.2 Å². The Labute approximate surface area is 153 Å². The summed E-state index contributed by atoms with van der Waals surface area (Å²) in [5.41, 5.74) is 1.24. The van der Waals surface area contributed by atoms with Crippen LogP contribution in [0.3, 0.4) is 0 Å². The number of anilines is 2. The zero-order valence-electron chi connectivity index (χ0n) is 14.1. The maximum Gasteiger partial charge on any atom is 0.274 e. The molecule has 3 aromatic rings. The van der Waals surface area contributed by atoms with Gasteiger partial charge in [-0.1, -0.05) is 6.07 Å². The van der Waals surface area contributed by atoms with Crippen LogP contribution in [0.4, 0.5) is 16.0 Å². The molecule has 4 rings (SSSR count). The Bertz CT molecular complexity index is 918. The van der Waals surface area contributed by atoms with Crippen LogP contribution in [-0.4, -0.2) is 41.4 Å². The number of hydrogen-bond acceptors (Lipinski definition) is 6. The van der Waals surface area contributed by atoms with E-state index in [-0.39, 0.29) is 11.4 Å². The highest BCUT2D eigenvalue weighted by Crippen LogP contribution is 2.18. The lowest BCUT2D eigenvalue weighted by atomic mass is 10.2. The van der Waals surface area contributed by atoms with Crippen LogP contribution in [-0.2, 0) is 6.42 Å². The van der Waals surface area contributed by atoms with E-state index in [4.69, 9.17) is 0 Å². The average Bonchev–Trinajstić information content (AvgIpc) is 3.17. The van der Waals surface area contributed by atoms with E-state index < -0.39 is 0 Å². The molecule has 6 nitrogen and oxygen atoms in total. The summed E-state index contributed by atoms with van der Waals surface area (Å²) in [5, 5.41) is 10.3. The van der Waals surface area contributed by atoms with Gasteiger partial charge in [-0.05, 0) is 35.7 Å². The normalized spacial score (nSPS) is 14.7. The smallest absolute Gasteiger partial charge is 0.274 e. The topological polar surface area (TPSA) is 65.1 Å². The fourth-order valence-corrected chi connectivity index (χ4v) is 3.73. The first kappa shape index (κ1) is 16.7. The zero-order valence-corrected chi connectivity index (χ0v) is 14.9. The molecule has 1 saturated heterocycles. The van der Waals surface area contributed by atoms with Crippen LogP contribution in [0.2, 0.25) is 0 Å². The molecule has 26 heavy (non-hydrogen) atoms. The highest BCUT2D eigenvalue weighted by molar-refractivity contribution is 7.09. The number of aromatic amines is 1. The molecule has 1 aromatic carbocycles. The lowest BCUT2D eigenvalue weighted by molar-refractivity contribution is 0.620. The minimum absolute atomic E-state index is 0.190. The maximum atomic E-state index is 13.1. The summed E-state index contributed by atoms with van der Waals surface area (Å²) in [4.78, 5) is 20.4. The Morgan fingerprint density at radius 1 is 1.04 bits per heavy atom.